The second-order valence-electron chi connectivity index (χ2n) is 4.67. The minimum absolute atomic E-state index is 0.314. The van der Waals surface area contributed by atoms with Crippen molar-refractivity contribution in [3.05, 3.63) is 64.4 Å². The van der Waals surface area contributed by atoms with Crippen molar-refractivity contribution in [2.75, 3.05) is 0 Å². The predicted molar refractivity (Wildman–Crippen MR) is 83.2 cm³/mol. The summed E-state index contributed by atoms with van der Waals surface area (Å²) in [6.45, 7) is 0. The molecule has 0 fully saturated rings. The largest absolute Gasteiger partial charge is 0.282 e. The van der Waals surface area contributed by atoms with Gasteiger partial charge in [-0.25, -0.2) is 9.97 Å². The average Bonchev–Trinajstić information content (AvgIpc) is 2.54. The number of halogens is 1. The molecule has 0 saturated heterocycles. The molecule has 3 heterocycles. The van der Waals surface area contributed by atoms with Gasteiger partial charge in [-0.1, -0.05) is 23.7 Å². The summed E-state index contributed by atoms with van der Waals surface area (Å²) in [5.41, 5.74) is 1.14. The first-order valence-electron chi connectivity index (χ1n) is 6.48. The molecule has 0 spiro atoms. The highest BCUT2D eigenvalue weighted by molar-refractivity contribution is 6.30. The van der Waals surface area contributed by atoms with Gasteiger partial charge in [0.05, 0.1) is 28.8 Å². The fraction of sp³-hybridized carbons (Fsp3) is 0. The van der Waals surface area contributed by atoms with Crippen LogP contribution in [0.3, 0.4) is 0 Å². The molecule has 0 aliphatic carbocycles. The normalized spacial score (nSPS) is 11.1. The number of rotatable bonds is 1. The maximum atomic E-state index is 12.5. The smallest absolute Gasteiger partial charge is 0.267 e. The van der Waals surface area contributed by atoms with Crippen LogP contribution in [-0.4, -0.2) is 24.7 Å². The van der Waals surface area contributed by atoms with E-state index in [1.165, 1.54) is 17.1 Å². The average molecular weight is 310 g/mol. The summed E-state index contributed by atoms with van der Waals surface area (Å²) in [5, 5.41) is 5.52. The lowest BCUT2D eigenvalue weighted by molar-refractivity contribution is 0.793. The van der Waals surface area contributed by atoms with Crippen molar-refractivity contribution in [1.29, 1.82) is 0 Å². The molecule has 6 nitrogen and oxygen atoms in total. The van der Waals surface area contributed by atoms with E-state index < -0.39 is 0 Å². The Labute approximate surface area is 129 Å². The van der Waals surface area contributed by atoms with Crippen LogP contribution in [0.25, 0.3) is 27.6 Å². The number of hydrogen-bond acceptors (Lipinski definition) is 5. The van der Waals surface area contributed by atoms with Crippen LogP contribution in [0, 0.1) is 0 Å². The number of fused-ring (bicyclic) bond motifs is 2. The fourth-order valence-corrected chi connectivity index (χ4v) is 2.40. The SMILES string of the molecule is O=c1c2cnc(Cl)cc2cnn1-c1cnc2ccccc2n1. The minimum atomic E-state index is -0.314. The zero-order valence-corrected chi connectivity index (χ0v) is 11.9. The fourth-order valence-electron chi connectivity index (χ4n) is 2.23. The quantitative estimate of drug-likeness (QED) is 0.505. The molecule has 4 aromatic rings. The zero-order chi connectivity index (χ0) is 15.1. The molecule has 22 heavy (non-hydrogen) atoms. The molecule has 3 aromatic heterocycles. The van der Waals surface area contributed by atoms with E-state index in [-0.39, 0.29) is 5.56 Å². The molecule has 0 aliphatic rings. The molecule has 0 N–H and O–H groups in total. The van der Waals surface area contributed by atoms with Crippen LogP contribution >= 0.6 is 11.6 Å². The molecule has 0 atom stereocenters. The Kier molecular flexibility index (Phi) is 2.83. The van der Waals surface area contributed by atoms with Crippen LogP contribution < -0.4 is 5.56 Å². The van der Waals surface area contributed by atoms with Crippen molar-refractivity contribution in [3.8, 4) is 5.82 Å². The van der Waals surface area contributed by atoms with Crippen LogP contribution in [0.1, 0.15) is 0 Å². The molecule has 0 bridgehead atoms. The lowest BCUT2D eigenvalue weighted by Gasteiger charge is -2.05. The summed E-state index contributed by atoms with van der Waals surface area (Å²) in [5.74, 6) is 0.362. The molecule has 0 unspecified atom stereocenters. The summed E-state index contributed by atoms with van der Waals surface area (Å²) in [4.78, 5) is 25.2. The molecule has 0 radical (unpaired) electrons. The maximum Gasteiger partial charge on any atom is 0.282 e. The molecule has 0 saturated carbocycles. The lowest BCUT2D eigenvalue weighted by atomic mass is 10.2. The van der Waals surface area contributed by atoms with Crippen molar-refractivity contribution in [2.45, 2.75) is 0 Å². The van der Waals surface area contributed by atoms with Gasteiger partial charge in [0.1, 0.15) is 5.15 Å². The monoisotopic (exact) mass is 309 g/mol. The van der Waals surface area contributed by atoms with Gasteiger partial charge in [-0.3, -0.25) is 9.78 Å². The highest BCUT2D eigenvalue weighted by atomic mass is 35.5. The van der Waals surface area contributed by atoms with E-state index in [2.05, 4.69) is 20.1 Å². The van der Waals surface area contributed by atoms with Gasteiger partial charge in [-0.2, -0.15) is 9.78 Å². The molecule has 0 amide bonds. The van der Waals surface area contributed by atoms with Crippen molar-refractivity contribution in [1.82, 2.24) is 24.7 Å². The number of aromatic nitrogens is 5. The van der Waals surface area contributed by atoms with Gasteiger partial charge < -0.3 is 0 Å². The second kappa shape index (κ2) is 4.85. The standard InChI is InChI=1S/C15H8ClN5O/c16-13-5-9-6-19-21(15(22)10(9)7-18-13)14-8-17-11-3-1-2-4-12(11)20-14/h1-8H. The van der Waals surface area contributed by atoms with E-state index in [4.69, 9.17) is 11.6 Å². The third kappa shape index (κ3) is 2.01. The zero-order valence-electron chi connectivity index (χ0n) is 11.1. The molecule has 1 aromatic carbocycles. The van der Waals surface area contributed by atoms with Crippen molar-refractivity contribution < 1.29 is 0 Å². The Morgan fingerprint density at radius 1 is 1.00 bits per heavy atom. The summed E-state index contributed by atoms with van der Waals surface area (Å²) in [6.07, 6.45) is 4.51. The Balaban J connectivity index is 1.97. The van der Waals surface area contributed by atoms with Gasteiger partial charge >= 0.3 is 0 Å². The molecule has 0 aliphatic heterocycles. The number of nitrogens with zero attached hydrogens (tertiary/aromatic N) is 5. The Morgan fingerprint density at radius 3 is 2.68 bits per heavy atom. The Morgan fingerprint density at radius 2 is 1.82 bits per heavy atom. The van der Waals surface area contributed by atoms with Gasteiger partial charge in [-0.05, 0) is 18.2 Å². The third-order valence-electron chi connectivity index (χ3n) is 3.29. The van der Waals surface area contributed by atoms with Gasteiger partial charge in [0.2, 0.25) is 0 Å². The number of pyridine rings is 1. The van der Waals surface area contributed by atoms with Crippen LogP contribution in [0.2, 0.25) is 5.15 Å². The predicted octanol–water partition coefficient (Wildman–Crippen LogP) is 2.38. The van der Waals surface area contributed by atoms with Crippen LogP contribution in [-0.2, 0) is 0 Å². The molecule has 4 rings (SSSR count). The van der Waals surface area contributed by atoms with Gasteiger partial charge in [-0.15, -0.1) is 0 Å². The minimum Gasteiger partial charge on any atom is -0.267 e. The summed E-state index contributed by atoms with van der Waals surface area (Å²) in [6, 6.07) is 9.03. The molecule has 7 heteroatoms. The Bertz CT molecular complexity index is 1080. The molecular weight excluding hydrogens is 302 g/mol. The van der Waals surface area contributed by atoms with Crippen LogP contribution in [0.4, 0.5) is 0 Å². The molecule has 106 valence electrons. The lowest BCUT2D eigenvalue weighted by Crippen LogP contribution is -2.22. The first kappa shape index (κ1) is 12.8. The van der Waals surface area contributed by atoms with E-state index in [0.29, 0.717) is 27.3 Å². The van der Waals surface area contributed by atoms with Gasteiger partial charge in [0, 0.05) is 11.6 Å². The number of para-hydroxylation sites is 2. The van der Waals surface area contributed by atoms with E-state index in [9.17, 15) is 4.79 Å². The van der Waals surface area contributed by atoms with Crippen molar-refractivity contribution >= 4 is 33.4 Å². The van der Waals surface area contributed by atoms with Gasteiger partial charge in [0.15, 0.2) is 5.82 Å². The number of benzene rings is 1. The van der Waals surface area contributed by atoms with Crippen molar-refractivity contribution in [3.63, 3.8) is 0 Å². The van der Waals surface area contributed by atoms with Gasteiger partial charge in [0.25, 0.3) is 5.56 Å². The van der Waals surface area contributed by atoms with Crippen LogP contribution in [0.5, 0.6) is 0 Å². The summed E-state index contributed by atoms with van der Waals surface area (Å²) >= 11 is 5.82. The third-order valence-corrected chi connectivity index (χ3v) is 3.50. The Hall–Kier alpha value is -2.86. The van der Waals surface area contributed by atoms with E-state index in [1.807, 2.05) is 24.3 Å². The number of hydrogen-bond donors (Lipinski definition) is 0. The topological polar surface area (TPSA) is 73.6 Å². The first-order valence-corrected chi connectivity index (χ1v) is 6.86. The van der Waals surface area contributed by atoms with Crippen molar-refractivity contribution in [2.24, 2.45) is 0 Å². The molecular formula is C15H8ClN5O. The highest BCUT2D eigenvalue weighted by Crippen LogP contribution is 2.14. The maximum absolute atomic E-state index is 12.5. The summed E-state index contributed by atoms with van der Waals surface area (Å²) in [7, 11) is 0. The van der Waals surface area contributed by atoms with E-state index in [1.54, 1.807) is 12.3 Å². The first-order chi connectivity index (χ1) is 10.7. The van der Waals surface area contributed by atoms with E-state index >= 15 is 0 Å². The second-order valence-corrected chi connectivity index (χ2v) is 5.06. The highest BCUT2D eigenvalue weighted by Gasteiger charge is 2.09. The summed E-state index contributed by atoms with van der Waals surface area (Å²) < 4.78 is 1.21. The van der Waals surface area contributed by atoms with Crippen LogP contribution in [0.15, 0.2) is 53.7 Å². The van der Waals surface area contributed by atoms with E-state index in [0.717, 1.165) is 5.52 Å².